The molecule has 1 aliphatic heterocycles. The van der Waals surface area contributed by atoms with E-state index in [-0.39, 0.29) is 43.7 Å². The largest absolute Gasteiger partial charge is 0.490 e. The van der Waals surface area contributed by atoms with Crippen LogP contribution >= 0.6 is 0 Å². The highest BCUT2D eigenvalue weighted by molar-refractivity contribution is 5.96. The normalized spacial score (nSPS) is 12.4. The van der Waals surface area contributed by atoms with Crippen LogP contribution in [0.15, 0.2) is 60.7 Å². The van der Waals surface area contributed by atoms with Gasteiger partial charge in [0.15, 0.2) is 11.6 Å². The Hall–Kier alpha value is -4.40. The molecule has 9 heteroatoms. The molecule has 0 saturated carbocycles. The zero-order valence-corrected chi connectivity index (χ0v) is 22.5. The maximum Gasteiger partial charge on any atom is 0.407 e. The van der Waals surface area contributed by atoms with Crippen molar-refractivity contribution in [2.75, 3.05) is 24.6 Å². The lowest BCUT2D eigenvalue weighted by atomic mass is 9.91. The summed E-state index contributed by atoms with van der Waals surface area (Å²) in [6.45, 7) is 2.61. The van der Waals surface area contributed by atoms with Crippen LogP contribution in [0.5, 0.6) is 5.75 Å². The second-order valence-electron chi connectivity index (χ2n) is 9.64. The summed E-state index contributed by atoms with van der Waals surface area (Å²) in [6, 6.07) is 18.6. The number of fused-ring (bicyclic) bond motifs is 1. The summed E-state index contributed by atoms with van der Waals surface area (Å²) in [5.41, 5.74) is 5.25. The molecule has 0 aromatic heterocycles. The number of carboxylic acid groups (broad SMARTS) is 1. The standard InChI is InChI=1S/C31H33FN2O6/c1-21-7-2-13-27(30(21)32)39-18-6-14-28(35)34-17-5-11-25-24(10-4-12-26(25)34)23-9-3-8-22(19-23)20-40-31(38)33-16-15-29(36)37/h2-4,7-10,12-13,19H,5-6,11,14-18,20H2,1H3,(H,33,38)(H,36,37). The molecule has 210 valence electrons. The molecule has 2 amide bonds. The summed E-state index contributed by atoms with van der Waals surface area (Å²) < 4.78 is 24.9. The Morgan fingerprint density at radius 2 is 1.85 bits per heavy atom. The first-order chi connectivity index (χ1) is 19.3. The average molecular weight is 549 g/mol. The van der Waals surface area contributed by atoms with Gasteiger partial charge in [-0.05, 0) is 72.2 Å². The number of hydrogen-bond acceptors (Lipinski definition) is 5. The first-order valence-corrected chi connectivity index (χ1v) is 13.4. The van der Waals surface area contributed by atoms with Crippen LogP contribution in [-0.4, -0.2) is 42.8 Å². The highest BCUT2D eigenvalue weighted by Crippen LogP contribution is 2.36. The van der Waals surface area contributed by atoms with Gasteiger partial charge in [-0.3, -0.25) is 9.59 Å². The van der Waals surface area contributed by atoms with E-state index in [0.717, 1.165) is 40.8 Å². The monoisotopic (exact) mass is 548 g/mol. The second kappa shape index (κ2) is 13.6. The van der Waals surface area contributed by atoms with Crippen LogP contribution in [0.1, 0.15) is 42.4 Å². The van der Waals surface area contributed by atoms with Crippen molar-refractivity contribution in [3.05, 3.63) is 83.2 Å². The minimum atomic E-state index is -0.997. The van der Waals surface area contributed by atoms with E-state index in [4.69, 9.17) is 14.6 Å². The Balaban J connectivity index is 1.38. The molecule has 0 bridgehead atoms. The number of aliphatic carboxylic acids is 1. The van der Waals surface area contributed by atoms with Crippen molar-refractivity contribution in [3.8, 4) is 16.9 Å². The highest BCUT2D eigenvalue weighted by atomic mass is 19.1. The fourth-order valence-electron chi connectivity index (χ4n) is 4.73. The molecule has 0 radical (unpaired) electrons. The van der Waals surface area contributed by atoms with E-state index in [1.165, 1.54) is 0 Å². The fourth-order valence-corrected chi connectivity index (χ4v) is 4.73. The Morgan fingerprint density at radius 3 is 2.67 bits per heavy atom. The van der Waals surface area contributed by atoms with Crippen molar-refractivity contribution >= 4 is 23.7 Å². The van der Waals surface area contributed by atoms with E-state index in [0.29, 0.717) is 24.9 Å². The Kier molecular flexibility index (Phi) is 9.72. The summed E-state index contributed by atoms with van der Waals surface area (Å²) in [6.07, 6.45) is 1.58. The average Bonchev–Trinajstić information content (AvgIpc) is 2.95. The molecule has 3 aromatic rings. The molecule has 0 saturated heterocycles. The van der Waals surface area contributed by atoms with Crippen LogP contribution in [0, 0.1) is 12.7 Å². The van der Waals surface area contributed by atoms with Gasteiger partial charge in [-0.2, -0.15) is 0 Å². The molecule has 1 aliphatic rings. The van der Waals surface area contributed by atoms with Crippen molar-refractivity contribution in [2.24, 2.45) is 0 Å². The van der Waals surface area contributed by atoms with Gasteiger partial charge in [-0.1, -0.05) is 42.5 Å². The van der Waals surface area contributed by atoms with Crippen LogP contribution in [0.25, 0.3) is 11.1 Å². The quantitative estimate of drug-likeness (QED) is 0.301. The lowest BCUT2D eigenvalue weighted by Crippen LogP contribution is -2.35. The van der Waals surface area contributed by atoms with Crippen LogP contribution < -0.4 is 15.0 Å². The Labute approximate surface area is 232 Å². The fraction of sp³-hybridized carbons (Fsp3) is 0.323. The van der Waals surface area contributed by atoms with E-state index >= 15 is 0 Å². The molecule has 0 fully saturated rings. The Bertz CT molecular complexity index is 1380. The molecule has 2 N–H and O–H groups in total. The van der Waals surface area contributed by atoms with Gasteiger partial charge < -0.3 is 24.8 Å². The molecule has 0 spiro atoms. The van der Waals surface area contributed by atoms with Crippen LogP contribution in [-0.2, 0) is 27.4 Å². The van der Waals surface area contributed by atoms with Gasteiger partial charge in [0, 0.05) is 25.2 Å². The predicted octanol–water partition coefficient (Wildman–Crippen LogP) is 5.64. The number of ether oxygens (including phenoxy) is 2. The number of halogens is 1. The minimum absolute atomic E-state index is 0.00211. The zero-order valence-electron chi connectivity index (χ0n) is 22.5. The number of rotatable bonds is 11. The van der Waals surface area contributed by atoms with Crippen molar-refractivity contribution in [2.45, 2.75) is 45.6 Å². The number of aryl methyl sites for hydroxylation is 1. The van der Waals surface area contributed by atoms with Gasteiger partial charge in [-0.25, -0.2) is 9.18 Å². The lowest BCUT2D eigenvalue weighted by Gasteiger charge is -2.31. The van der Waals surface area contributed by atoms with Crippen molar-refractivity contribution in [1.29, 1.82) is 0 Å². The lowest BCUT2D eigenvalue weighted by molar-refractivity contribution is -0.136. The first kappa shape index (κ1) is 28.6. The molecule has 0 aliphatic carbocycles. The molecule has 40 heavy (non-hydrogen) atoms. The van der Waals surface area contributed by atoms with Crippen LogP contribution in [0.2, 0.25) is 0 Å². The van der Waals surface area contributed by atoms with Gasteiger partial charge in [0.1, 0.15) is 6.61 Å². The number of nitrogens with one attached hydrogen (secondary N) is 1. The van der Waals surface area contributed by atoms with E-state index in [9.17, 15) is 18.8 Å². The maximum absolute atomic E-state index is 14.2. The molecular weight excluding hydrogens is 515 g/mol. The molecular formula is C31H33FN2O6. The number of anilines is 1. The third kappa shape index (κ3) is 7.37. The van der Waals surface area contributed by atoms with Gasteiger partial charge in [0.25, 0.3) is 0 Å². The first-order valence-electron chi connectivity index (χ1n) is 13.4. The summed E-state index contributed by atoms with van der Waals surface area (Å²) >= 11 is 0. The number of hydrogen-bond donors (Lipinski definition) is 2. The number of carboxylic acids is 1. The number of nitrogens with zero attached hydrogens (tertiary/aromatic N) is 1. The predicted molar refractivity (Wildman–Crippen MR) is 149 cm³/mol. The number of carbonyl (C=O) groups excluding carboxylic acids is 2. The molecule has 4 rings (SSSR count). The number of amides is 2. The van der Waals surface area contributed by atoms with Gasteiger partial charge in [0.05, 0.1) is 13.0 Å². The van der Waals surface area contributed by atoms with Crippen LogP contribution in [0.4, 0.5) is 14.9 Å². The summed E-state index contributed by atoms with van der Waals surface area (Å²) in [7, 11) is 0. The van der Waals surface area contributed by atoms with E-state index in [2.05, 4.69) is 5.32 Å². The van der Waals surface area contributed by atoms with Crippen molar-refractivity contribution in [3.63, 3.8) is 0 Å². The van der Waals surface area contributed by atoms with E-state index < -0.39 is 12.1 Å². The molecule has 8 nitrogen and oxygen atoms in total. The number of carbonyl (C=O) groups is 3. The van der Waals surface area contributed by atoms with Crippen LogP contribution in [0.3, 0.4) is 0 Å². The summed E-state index contributed by atoms with van der Waals surface area (Å²) in [4.78, 5) is 37.4. The Morgan fingerprint density at radius 1 is 1.05 bits per heavy atom. The topological polar surface area (TPSA) is 105 Å². The number of alkyl carbamates (subject to hydrolysis) is 1. The highest BCUT2D eigenvalue weighted by Gasteiger charge is 2.24. The maximum atomic E-state index is 14.2. The summed E-state index contributed by atoms with van der Waals surface area (Å²) in [5.74, 6) is -1.17. The van der Waals surface area contributed by atoms with Gasteiger partial charge in [-0.15, -0.1) is 0 Å². The van der Waals surface area contributed by atoms with Crippen molar-refractivity contribution < 1.29 is 33.4 Å². The SMILES string of the molecule is Cc1cccc(OCCCC(=O)N2CCCc3c(-c4cccc(COC(=O)NCCC(=O)O)c4)cccc32)c1F. The molecule has 0 unspecified atom stereocenters. The molecule has 3 aromatic carbocycles. The smallest absolute Gasteiger partial charge is 0.407 e. The van der Waals surface area contributed by atoms with Gasteiger partial charge >= 0.3 is 12.1 Å². The summed E-state index contributed by atoms with van der Waals surface area (Å²) in [5, 5.41) is 11.1. The zero-order chi connectivity index (χ0) is 28.5. The van der Waals surface area contributed by atoms with E-state index in [1.807, 2.05) is 47.4 Å². The molecule has 1 heterocycles. The third-order valence-electron chi connectivity index (χ3n) is 6.72. The van der Waals surface area contributed by atoms with Crippen molar-refractivity contribution in [1.82, 2.24) is 5.32 Å². The molecule has 0 atom stereocenters. The van der Waals surface area contributed by atoms with E-state index in [1.54, 1.807) is 25.1 Å². The van der Waals surface area contributed by atoms with Gasteiger partial charge in [0.2, 0.25) is 5.91 Å². The second-order valence-corrected chi connectivity index (χ2v) is 9.64. The minimum Gasteiger partial charge on any atom is -0.490 e. The number of benzene rings is 3. The third-order valence-corrected chi connectivity index (χ3v) is 6.72.